The molecule has 0 saturated heterocycles. The summed E-state index contributed by atoms with van der Waals surface area (Å²) in [5.41, 5.74) is 0. The third-order valence-electron chi connectivity index (χ3n) is 2.35. The van der Waals surface area contributed by atoms with Crippen LogP contribution in [0.4, 0.5) is 4.79 Å². The van der Waals surface area contributed by atoms with E-state index in [1.807, 2.05) is 27.7 Å². The maximum absolute atomic E-state index is 11.7. The summed E-state index contributed by atoms with van der Waals surface area (Å²) in [5.74, 6) is -0.743. The van der Waals surface area contributed by atoms with Gasteiger partial charge in [-0.1, -0.05) is 13.8 Å². The van der Waals surface area contributed by atoms with Crippen molar-refractivity contribution in [1.29, 1.82) is 0 Å². The molecule has 1 atom stereocenters. The molecule has 0 heterocycles. The summed E-state index contributed by atoms with van der Waals surface area (Å²) in [6, 6.07) is -1.11. The molecule has 0 aromatic heterocycles. The molecule has 0 radical (unpaired) electrons. The van der Waals surface area contributed by atoms with Crippen LogP contribution in [-0.4, -0.2) is 41.1 Å². The van der Waals surface area contributed by atoms with Crippen molar-refractivity contribution >= 4 is 12.0 Å². The molecule has 2 amide bonds. The Kier molecular flexibility index (Phi) is 6.53. The first-order valence-corrected chi connectivity index (χ1v) is 5.70. The lowest BCUT2D eigenvalue weighted by atomic mass is 10.0. The highest BCUT2D eigenvalue weighted by Crippen LogP contribution is 2.05. The Hall–Kier alpha value is -1.26. The van der Waals surface area contributed by atoms with Crippen LogP contribution in [0.1, 0.15) is 34.1 Å². The van der Waals surface area contributed by atoms with Gasteiger partial charge in [-0.3, -0.25) is 0 Å². The fourth-order valence-corrected chi connectivity index (χ4v) is 1.44. The molecule has 0 saturated carbocycles. The Morgan fingerprint density at radius 1 is 1.25 bits per heavy atom. The average molecular weight is 230 g/mol. The molecule has 0 fully saturated rings. The molecule has 2 N–H and O–H groups in total. The summed E-state index contributed by atoms with van der Waals surface area (Å²) in [4.78, 5) is 24.2. The summed E-state index contributed by atoms with van der Waals surface area (Å²) >= 11 is 0. The zero-order chi connectivity index (χ0) is 12.7. The molecule has 0 aliphatic heterocycles. The van der Waals surface area contributed by atoms with Crippen LogP contribution in [0.25, 0.3) is 0 Å². The van der Waals surface area contributed by atoms with E-state index in [1.165, 1.54) is 0 Å². The molecule has 0 aliphatic rings. The molecule has 0 rings (SSSR count). The highest BCUT2D eigenvalue weighted by molar-refractivity contribution is 5.82. The fraction of sp³-hybridized carbons (Fsp3) is 0.818. The van der Waals surface area contributed by atoms with Crippen LogP contribution in [0.2, 0.25) is 0 Å². The minimum Gasteiger partial charge on any atom is -0.480 e. The maximum Gasteiger partial charge on any atom is 0.326 e. The van der Waals surface area contributed by atoms with Crippen molar-refractivity contribution in [2.75, 3.05) is 13.1 Å². The minimum atomic E-state index is -0.978. The largest absolute Gasteiger partial charge is 0.480 e. The number of amides is 2. The van der Waals surface area contributed by atoms with Crippen molar-refractivity contribution in [3.63, 3.8) is 0 Å². The van der Waals surface area contributed by atoms with E-state index in [9.17, 15) is 9.59 Å². The number of rotatable bonds is 6. The molecule has 0 aromatic carbocycles. The number of carbonyl (C=O) groups is 2. The van der Waals surface area contributed by atoms with Crippen LogP contribution in [-0.2, 0) is 4.79 Å². The smallest absolute Gasteiger partial charge is 0.326 e. The van der Waals surface area contributed by atoms with Crippen LogP contribution < -0.4 is 5.32 Å². The lowest BCUT2D eigenvalue weighted by Crippen LogP contribution is -2.48. The van der Waals surface area contributed by atoms with E-state index in [2.05, 4.69) is 5.32 Å². The van der Waals surface area contributed by atoms with Crippen molar-refractivity contribution in [1.82, 2.24) is 10.2 Å². The second kappa shape index (κ2) is 7.09. The molecule has 0 bridgehead atoms. The summed E-state index contributed by atoms with van der Waals surface area (Å²) in [6.45, 7) is 8.74. The molecular formula is C11H22N2O3. The zero-order valence-corrected chi connectivity index (χ0v) is 10.5. The number of carboxylic acid groups (broad SMARTS) is 1. The molecule has 0 unspecified atom stereocenters. The molecule has 5 nitrogen and oxygen atoms in total. The summed E-state index contributed by atoms with van der Waals surface area (Å²) in [7, 11) is 0. The lowest BCUT2D eigenvalue weighted by molar-refractivity contribution is -0.139. The molecule has 0 aliphatic carbocycles. The number of carboxylic acids is 1. The first-order valence-electron chi connectivity index (χ1n) is 5.70. The lowest BCUT2D eigenvalue weighted by Gasteiger charge is -2.23. The van der Waals surface area contributed by atoms with Crippen LogP contribution in [0.3, 0.4) is 0 Å². The van der Waals surface area contributed by atoms with Gasteiger partial charge in [0.25, 0.3) is 0 Å². The highest BCUT2D eigenvalue weighted by Gasteiger charge is 2.22. The van der Waals surface area contributed by atoms with Gasteiger partial charge in [-0.2, -0.15) is 0 Å². The van der Waals surface area contributed by atoms with Crippen molar-refractivity contribution in [3.05, 3.63) is 0 Å². The van der Waals surface area contributed by atoms with Crippen molar-refractivity contribution in [2.24, 2.45) is 5.92 Å². The predicted molar refractivity (Wildman–Crippen MR) is 62.3 cm³/mol. The second-order valence-corrected chi connectivity index (χ2v) is 4.14. The van der Waals surface area contributed by atoms with Gasteiger partial charge in [-0.05, 0) is 26.2 Å². The van der Waals surface area contributed by atoms with E-state index < -0.39 is 12.0 Å². The molecule has 16 heavy (non-hydrogen) atoms. The van der Waals surface area contributed by atoms with Crippen molar-refractivity contribution in [2.45, 2.75) is 40.2 Å². The molecular weight excluding hydrogens is 208 g/mol. The normalized spacial score (nSPS) is 12.3. The zero-order valence-electron chi connectivity index (χ0n) is 10.5. The Bertz CT molecular complexity index is 237. The van der Waals surface area contributed by atoms with E-state index in [1.54, 1.807) is 4.90 Å². The third-order valence-corrected chi connectivity index (χ3v) is 2.35. The number of hydrogen-bond donors (Lipinski definition) is 2. The number of nitrogens with zero attached hydrogens (tertiary/aromatic N) is 1. The van der Waals surface area contributed by atoms with Crippen LogP contribution in [0.5, 0.6) is 0 Å². The van der Waals surface area contributed by atoms with Crippen LogP contribution >= 0.6 is 0 Å². The van der Waals surface area contributed by atoms with E-state index in [-0.39, 0.29) is 11.9 Å². The van der Waals surface area contributed by atoms with Gasteiger partial charge in [0.1, 0.15) is 6.04 Å². The second-order valence-electron chi connectivity index (χ2n) is 4.14. The van der Waals surface area contributed by atoms with Gasteiger partial charge in [-0.25, -0.2) is 9.59 Å². The van der Waals surface area contributed by atoms with E-state index in [0.717, 1.165) is 0 Å². The summed E-state index contributed by atoms with van der Waals surface area (Å²) in [5, 5.41) is 11.5. The number of carbonyl (C=O) groups excluding carboxylic acids is 1. The van der Waals surface area contributed by atoms with Gasteiger partial charge < -0.3 is 15.3 Å². The van der Waals surface area contributed by atoms with Crippen LogP contribution in [0, 0.1) is 5.92 Å². The molecule has 0 spiro atoms. The van der Waals surface area contributed by atoms with E-state index >= 15 is 0 Å². The summed E-state index contributed by atoms with van der Waals surface area (Å²) in [6.07, 6.45) is 0.447. The third kappa shape index (κ3) is 5.00. The molecule has 0 aromatic rings. The number of nitrogens with one attached hydrogen (secondary N) is 1. The topological polar surface area (TPSA) is 69.6 Å². The Labute approximate surface area is 96.8 Å². The first kappa shape index (κ1) is 14.7. The SMILES string of the molecule is CCN(CC)C(=O)N[C@@H](CC(C)C)C(=O)O. The first-order chi connectivity index (χ1) is 7.42. The number of urea groups is 1. The van der Waals surface area contributed by atoms with Crippen molar-refractivity contribution < 1.29 is 14.7 Å². The average Bonchev–Trinajstić information content (AvgIpc) is 2.17. The van der Waals surface area contributed by atoms with E-state index in [4.69, 9.17) is 5.11 Å². The molecule has 5 heteroatoms. The maximum atomic E-state index is 11.7. The Balaban J connectivity index is 4.39. The summed E-state index contributed by atoms with van der Waals surface area (Å²) < 4.78 is 0. The van der Waals surface area contributed by atoms with Crippen LogP contribution in [0.15, 0.2) is 0 Å². The standard InChI is InChI=1S/C11H22N2O3/c1-5-13(6-2)11(16)12-9(10(14)15)7-8(3)4/h8-9H,5-7H2,1-4H3,(H,12,16)(H,14,15)/t9-/m0/s1. The highest BCUT2D eigenvalue weighted by atomic mass is 16.4. The van der Waals surface area contributed by atoms with Crippen molar-refractivity contribution in [3.8, 4) is 0 Å². The van der Waals surface area contributed by atoms with Gasteiger partial charge in [0.2, 0.25) is 0 Å². The Morgan fingerprint density at radius 3 is 2.06 bits per heavy atom. The molecule has 94 valence electrons. The van der Waals surface area contributed by atoms with Gasteiger partial charge in [-0.15, -0.1) is 0 Å². The van der Waals surface area contributed by atoms with Gasteiger partial charge >= 0.3 is 12.0 Å². The van der Waals surface area contributed by atoms with Gasteiger partial charge in [0, 0.05) is 13.1 Å². The van der Waals surface area contributed by atoms with Gasteiger partial charge in [0.15, 0.2) is 0 Å². The quantitative estimate of drug-likeness (QED) is 0.727. The monoisotopic (exact) mass is 230 g/mol. The number of hydrogen-bond acceptors (Lipinski definition) is 2. The van der Waals surface area contributed by atoms with E-state index in [0.29, 0.717) is 19.5 Å². The Morgan fingerprint density at radius 2 is 1.75 bits per heavy atom. The number of aliphatic carboxylic acids is 1. The predicted octanol–water partition coefficient (Wildman–Crippen LogP) is 1.54. The minimum absolute atomic E-state index is 0.234. The fourth-order valence-electron chi connectivity index (χ4n) is 1.44. The van der Waals surface area contributed by atoms with Gasteiger partial charge in [0.05, 0.1) is 0 Å².